The number of nitrogens with two attached hydrogens (primary N) is 1. The summed E-state index contributed by atoms with van der Waals surface area (Å²) in [4.78, 5) is 35.1. The normalized spacial score (nSPS) is 15.5. The van der Waals surface area contributed by atoms with E-state index in [1.165, 1.54) is 0 Å². The van der Waals surface area contributed by atoms with Crippen molar-refractivity contribution in [1.82, 2.24) is 19.6 Å². The van der Waals surface area contributed by atoms with Gasteiger partial charge in [0.2, 0.25) is 11.7 Å². The van der Waals surface area contributed by atoms with E-state index in [9.17, 15) is 18.0 Å². The van der Waals surface area contributed by atoms with Crippen molar-refractivity contribution in [2.75, 3.05) is 6.54 Å². The predicted octanol–water partition coefficient (Wildman–Crippen LogP) is 4.75. The molecule has 250 valence electrons. The van der Waals surface area contributed by atoms with Gasteiger partial charge >= 0.3 is 6.09 Å². The monoisotopic (exact) mass is 654 g/mol. The lowest BCUT2D eigenvalue weighted by Crippen LogP contribution is -2.44. The zero-order valence-corrected chi connectivity index (χ0v) is 29.0. The van der Waals surface area contributed by atoms with Gasteiger partial charge in [-0.05, 0) is 115 Å². The number of imidazole rings is 1. The highest BCUT2D eigenvalue weighted by Gasteiger charge is 2.34. The van der Waals surface area contributed by atoms with Crippen molar-refractivity contribution < 1.29 is 27.5 Å². The Morgan fingerprint density at radius 2 is 1.83 bits per heavy atom. The molecule has 0 spiro atoms. The number of fused-ring (bicyclic) bond motifs is 2. The van der Waals surface area contributed by atoms with Crippen molar-refractivity contribution in [3.8, 4) is 5.75 Å². The number of amides is 1. The summed E-state index contributed by atoms with van der Waals surface area (Å²) < 4.78 is 42.8. The van der Waals surface area contributed by atoms with Crippen molar-refractivity contribution >= 4 is 38.9 Å². The molecule has 4 N–H and O–H groups in total. The number of ketones is 1. The first-order valence-corrected chi connectivity index (χ1v) is 16.9. The van der Waals surface area contributed by atoms with Crippen LogP contribution in [-0.4, -0.2) is 59.6 Å². The molecule has 0 radical (unpaired) electrons. The Morgan fingerprint density at radius 1 is 1.15 bits per heavy atom. The molecule has 1 aliphatic heterocycles. The molecule has 12 nitrogen and oxygen atoms in total. The maximum atomic E-state index is 13.6. The molecule has 0 bridgehead atoms. The second kappa shape index (κ2) is 12.9. The van der Waals surface area contributed by atoms with Gasteiger partial charge in [-0.3, -0.25) is 9.79 Å². The third kappa shape index (κ3) is 7.63. The molecule has 1 aliphatic rings. The number of carbonyl (C=O) groups excluding carboxylic acids is 2. The minimum Gasteiger partial charge on any atom is -0.487 e. The lowest BCUT2D eigenvalue weighted by Gasteiger charge is -2.35. The number of alkyl carbamates (subject to hydrolysis) is 1. The van der Waals surface area contributed by atoms with Gasteiger partial charge in [0.1, 0.15) is 17.0 Å². The summed E-state index contributed by atoms with van der Waals surface area (Å²) in [5.74, 6) is 0.279. The highest BCUT2D eigenvalue weighted by molar-refractivity contribution is 7.90. The zero-order valence-electron chi connectivity index (χ0n) is 28.2. The highest BCUT2D eigenvalue weighted by Crippen LogP contribution is 2.42. The van der Waals surface area contributed by atoms with Gasteiger partial charge < -0.3 is 25.1 Å². The van der Waals surface area contributed by atoms with Crippen LogP contribution in [-0.2, 0) is 28.2 Å². The third-order valence-corrected chi connectivity index (χ3v) is 9.75. The minimum atomic E-state index is -4.06. The van der Waals surface area contributed by atoms with E-state index in [2.05, 4.69) is 20.0 Å². The fourth-order valence-corrected chi connectivity index (χ4v) is 7.23. The molecule has 0 saturated heterocycles. The SMILES string of the molecule is Cc1c(C)c(S(=O)(=O)NC(N)=NCCC[C@H](NC(=O)OC(C)(C)C)C(=O)c2nc3ccccc3n2C)c(C)c2c1OC(C)(C)CC2. The Bertz CT molecular complexity index is 1800. The van der Waals surface area contributed by atoms with Crippen LogP contribution in [0.25, 0.3) is 11.0 Å². The summed E-state index contributed by atoms with van der Waals surface area (Å²) in [6.07, 6.45) is 1.22. The second-order valence-electron chi connectivity index (χ2n) is 13.4. The van der Waals surface area contributed by atoms with Crippen LogP contribution in [0.15, 0.2) is 34.2 Å². The second-order valence-corrected chi connectivity index (χ2v) is 15.1. The van der Waals surface area contributed by atoms with Gasteiger partial charge in [-0.2, -0.15) is 0 Å². The van der Waals surface area contributed by atoms with Crippen LogP contribution in [0.3, 0.4) is 0 Å². The van der Waals surface area contributed by atoms with Crippen molar-refractivity contribution in [2.24, 2.45) is 17.8 Å². The Labute approximate surface area is 271 Å². The van der Waals surface area contributed by atoms with Crippen LogP contribution in [0.2, 0.25) is 0 Å². The average molecular weight is 655 g/mol. The molecular formula is C33H46N6O6S. The van der Waals surface area contributed by atoms with E-state index >= 15 is 0 Å². The van der Waals surface area contributed by atoms with Gasteiger partial charge in [-0.1, -0.05) is 12.1 Å². The van der Waals surface area contributed by atoms with Crippen LogP contribution < -0.4 is 20.5 Å². The van der Waals surface area contributed by atoms with Crippen LogP contribution in [0.5, 0.6) is 5.75 Å². The highest BCUT2D eigenvalue weighted by atomic mass is 32.2. The molecule has 4 rings (SSSR count). The summed E-state index contributed by atoms with van der Waals surface area (Å²) in [6, 6.07) is 6.40. The van der Waals surface area contributed by atoms with Crippen molar-refractivity contribution in [3.63, 3.8) is 0 Å². The zero-order chi connectivity index (χ0) is 34.2. The molecule has 3 aromatic rings. The number of sulfonamides is 1. The first-order valence-electron chi connectivity index (χ1n) is 15.4. The standard InChI is InChI=1S/C33H46N6O6S/c1-19-20(2)28(21(3)22-16-17-33(7,8)44-27(19)22)46(42,43)38-30(34)35-18-12-14-24(37-31(41)45-32(4,5)6)26(40)29-36-23-13-10-11-15-25(23)39(29)9/h10-11,13,15,24H,12,14,16-18H2,1-9H3,(H,37,41)(H3,34,35,38)/t24-/m0/s1. The fourth-order valence-electron chi connectivity index (χ4n) is 5.71. The molecule has 0 fully saturated rings. The van der Waals surface area contributed by atoms with E-state index in [0.29, 0.717) is 29.5 Å². The molecule has 1 amide bonds. The van der Waals surface area contributed by atoms with Crippen LogP contribution >= 0.6 is 0 Å². The Kier molecular flexibility index (Phi) is 9.77. The summed E-state index contributed by atoms with van der Waals surface area (Å²) >= 11 is 0. The maximum Gasteiger partial charge on any atom is 0.408 e. The first-order chi connectivity index (χ1) is 21.3. The van der Waals surface area contributed by atoms with Crippen LogP contribution in [0.1, 0.15) is 86.8 Å². The number of nitrogens with one attached hydrogen (secondary N) is 2. The van der Waals surface area contributed by atoms with Gasteiger partial charge in [0.05, 0.1) is 22.0 Å². The van der Waals surface area contributed by atoms with Crippen LogP contribution in [0, 0.1) is 20.8 Å². The van der Waals surface area contributed by atoms with E-state index in [1.54, 1.807) is 46.2 Å². The molecular weight excluding hydrogens is 608 g/mol. The van der Waals surface area contributed by atoms with E-state index in [0.717, 1.165) is 28.8 Å². The van der Waals surface area contributed by atoms with Crippen molar-refractivity contribution in [3.05, 3.63) is 52.3 Å². The number of Topliss-reactive ketones (excluding diaryl/α,β-unsaturated/α-hetero) is 1. The van der Waals surface area contributed by atoms with E-state index < -0.39 is 27.8 Å². The van der Waals surface area contributed by atoms with Gasteiger partial charge in [-0.25, -0.2) is 22.9 Å². The summed E-state index contributed by atoms with van der Waals surface area (Å²) in [7, 11) is -2.32. The number of para-hydroxylation sites is 2. The van der Waals surface area contributed by atoms with Gasteiger partial charge in [-0.15, -0.1) is 0 Å². The number of aliphatic imine (C=N–C) groups is 1. The molecule has 0 unspecified atom stereocenters. The fraction of sp³-hybridized carbons (Fsp3) is 0.515. The largest absolute Gasteiger partial charge is 0.487 e. The smallest absolute Gasteiger partial charge is 0.408 e. The number of guanidine groups is 1. The number of nitrogens with zero attached hydrogens (tertiary/aromatic N) is 3. The first kappa shape index (κ1) is 34.7. The van der Waals surface area contributed by atoms with Gasteiger partial charge in [0.15, 0.2) is 5.82 Å². The molecule has 46 heavy (non-hydrogen) atoms. The lowest BCUT2D eigenvalue weighted by molar-refractivity contribution is 0.0487. The summed E-state index contributed by atoms with van der Waals surface area (Å²) in [5, 5.41) is 2.67. The quantitative estimate of drug-likeness (QED) is 0.129. The van der Waals surface area contributed by atoms with Crippen molar-refractivity contribution in [2.45, 2.75) is 103 Å². The van der Waals surface area contributed by atoms with Gasteiger partial charge in [0.25, 0.3) is 10.0 Å². The molecule has 1 atom stereocenters. The topological polar surface area (TPSA) is 167 Å². The molecule has 2 heterocycles. The number of aryl methyl sites for hydroxylation is 1. The number of hydrogen-bond acceptors (Lipinski definition) is 8. The average Bonchev–Trinajstić information content (AvgIpc) is 3.27. The third-order valence-electron chi connectivity index (χ3n) is 8.12. The van der Waals surface area contributed by atoms with Crippen molar-refractivity contribution in [1.29, 1.82) is 0 Å². The Hall–Kier alpha value is -4.13. The number of ether oxygens (including phenoxy) is 2. The Morgan fingerprint density at radius 3 is 2.48 bits per heavy atom. The Balaban J connectivity index is 1.49. The maximum absolute atomic E-state index is 13.6. The molecule has 2 aromatic carbocycles. The predicted molar refractivity (Wildman–Crippen MR) is 178 cm³/mol. The molecule has 0 saturated carbocycles. The van der Waals surface area contributed by atoms with E-state index in [1.807, 2.05) is 45.0 Å². The molecule has 13 heteroatoms. The van der Waals surface area contributed by atoms with E-state index in [4.69, 9.17) is 15.2 Å². The minimum absolute atomic E-state index is 0.0980. The number of aromatic nitrogens is 2. The lowest BCUT2D eigenvalue weighted by atomic mass is 9.88. The number of rotatable bonds is 9. The number of benzene rings is 2. The summed E-state index contributed by atoms with van der Waals surface area (Å²) in [5.41, 5.74) is 9.28. The van der Waals surface area contributed by atoms with Crippen LogP contribution in [0.4, 0.5) is 4.79 Å². The molecule has 1 aromatic heterocycles. The number of hydrogen-bond donors (Lipinski definition) is 3. The molecule has 0 aliphatic carbocycles. The van der Waals surface area contributed by atoms with Gasteiger partial charge in [0, 0.05) is 13.6 Å². The summed E-state index contributed by atoms with van der Waals surface area (Å²) in [6.45, 7) is 14.8. The number of carbonyl (C=O) groups is 2. The van der Waals surface area contributed by atoms with E-state index in [-0.39, 0.29) is 41.0 Å².